The van der Waals surface area contributed by atoms with Crippen molar-refractivity contribution in [3.63, 3.8) is 0 Å². The van der Waals surface area contributed by atoms with Gasteiger partial charge in [-0.2, -0.15) is 0 Å². The third kappa shape index (κ3) is 2.00. The Bertz CT molecular complexity index is 617. The third-order valence-corrected chi connectivity index (χ3v) is 3.63. The van der Waals surface area contributed by atoms with Crippen LogP contribution in [0, 0.1) is 0 Å². The summed E-state index contributed by atoms with van der Waals surface area (Å²) in [5.41, 5.74) is 0.703. The molecule has 2 heterocycles. The number of halogens is 1. The molecule has 0 amide bonds. The van der Waals surface area contributed by atoms with Crippen LogP contribution in [0.25, 0.3) is 10.9 Å². The molecule has 1 aromatic heterocycles. The molecule has 1 aromatic carbocycles. The summed E-state index contributed by atoms with van der Waals surface area (Å²) in [4.78, 5) is 19.4. The largest absolute Gasteiger partial charge is 0.316 e. The van der Waals surface area contributed by atoms with Gasteiger partial charge in [-0.15, -0.1) is 0 Å². The summed E-state index contributed by atoms with van der Waals surface area (Å²) in [5, 5.41) is 3.92. The van der Waals surface area contributed by atoms with Crippen LogP contribution in [0.2, 0.25) is 0 Å². The normalized spacial score (nSPS) is 19.9. The lowest BCUT2D eigenvalue weighted by Crippen LogP contribution is -2.16. The number of rotatable bonds is 1. The standard InChI is InChI=1S/C12H12BrN3O/c13-8-1-2-9-10(5-8)15-11(16-12(9)17)7-3-4-14-6-7/h1-2,5,7,14H,3-4,6H2,(H,15,16,17). The van der Waals surface area contributed by atoms with Crippen LogP contribution in [-0.4, -0.2) is 23.1 Å². The van der Waals surface area contributed by atoms with Crippen LogP contribution in [0.15, 0.2) is 27.5 Å². The number of aromatic amines is 1. The molecule has 0 radical (unpaired) electrons. The predicted molar refractivity (Wildman–Crippen MR) is 70.3 cm³/mol. The average Bonchev–Trinajstić information content (AvgIpc) is 2.81. The number of nitrogens with zero attached hydrogens (tertiary/aromatic N) is 1. The highest BCUT2D eigenvalue weighted by atomic mass is 79.9. The summed E-state index contributed by atoms with van der Waals surface area (Å²) in [6, 6.07) is 5.54. The van der Waals surface area contributed by atoms with E-state index in [9.17, 15) is 4.79 Å². The van der Waals surface area contributed by atoms with Gasteiger partial charge < -0.3 is 10.3 Å². The first-order chi connectivity index (χ1) is 8.24. The fourth-order valence-corrected chi connectivity index (χ4v) is 2.56. The number of aromatic nitrogens is 2. The molecule has 1 aliphatic rings. The third-order valence-electron chi connectivity index (χ3n) is 3.13. The molecule has 2 N–H and O–H groups in total. The van der Waals surface area contributed by atoms with E-state index in [1.807, 2.05) is 12.1 Å². The van der Waals surface area contributed by atoms with Crippen LogP contribution in [0.5, 0.6) is 0 Å². The Hall–Kier alpha value is -1.20. The molecule has 0 bridgehead atoms. The first kappa shape index (κ1) is 10.9. The second-order valence-electron chi connectivity index (χ2n) is 4.30. The van der Waals surface area contributed by atoms with Gasteiger partial charge in [0.05, 0.1) is 10.9 Å². The Morgan fingerprint density at radius 2 is 2.29 bits per heavy atom. The number of hydrogen-bond acceptors (Lipinski definition) is 3. The second-order valence-corrected chi connectivity index (χ2v) is 5.22. The SMILES string of the molecule is O=c1[nH]c(C2CCNC2)nc2cc(Br)ccc12. The Morgan fingerprint density at radius 1 is 1.41 bits per heavy atom. The maximum atomic E-state index is 11.9. The number of benzene rings is 1. The van der Waals surface area contributed by atoms with Crippen LogP contribution in [0.1, 0.15) is 18.2 Å². The van der Waals surface area contributed by atoms with Crippen molar-refractivity contribution in [3.8, 4) is 0 Å². The molecule has 4 nitrogen and oxygen atoms in total. The van der Waals surface area contributed by atoms with E-state index in [1.165, 1.54) is 0 Å². The van der Waals surface area contributed by atoms with Gasteiger partial charge in [0, 0.05) is 16.9 Å². The zero-order valence-corrected chi connectivity index (χ0v) is 10.8. The van der Waals surface area contributed by atoms with E-state index in [0.29, 0.717) is 11.3 Å². The zero-order chi connectivity index (χ0) is 11.8. The van der Waals surface area contributed by atoms with Crippen molar-refractivity contribution >= 4 is 26.8 Å². The number of hydrogen-bond donors (Lipinski definition) is 2. The highest BCUT2D eigenvalue weighted by Gasteiger charge is 2.19. The summed E-state index contributed by atoms with van der Waals surface area (Å²) < 4.78 is 0.943. The number of fused-ring (bicyclic) bond motifs is 1. The molecule has 1 fully saturated rings. The smallest absolute Gasteiger partial charge is 0.258 e. The molecule has 0 spiro atoms. The summed E-state index contributed by atoms with van der Waals surface area (Å²) in [6.45, 7) is 1.88. The summed E-state index contributed by atoms with van der Waals surface area (Å²) in [7, 11) is 0. The van der Waals surface area contributed by atoms with Crippen molar-refractivity contribution < 1.29 is 0 Å². The van der Waals surface area contributed by atoms with Crippen molar-refractivity contribution in [2.45, 2.75) is 12.3 Å². The summed E-state index contributed by atoms with van der Waals surface area (Å²) in [5.74, 6) is 1.12. The summed E-state index contributed by atoms with van der Waals surface area (Å²) in [6.07, 6.45) is 1.03. The lowest BCUT2D eigenvalue weighted by Gasteiger charge is -2.08. The molecule has 1 unspecified atom stereocenters. The van der Waals surface area contributed by atoms with E-state index in [1.54, 1.807) is 6.07 Å². The average molecular weight is 294 g/mol. The second kappa shape index (κ2) is 4.23. The van der Waals surface area contributed by atoms with E-state index in [2.05, 4.69) is 31.2 Å². The minimum atomic E-state index is -0.0515. The van der Waals surface area contributed by atoms with Gasteiger partial charge in [0.2, 0.25) is 0 Å². The minimum Gasteiger partial charge on any atom is -0.316 e. The van der Waals surface area contributed by atoms with Crippen molar-refractivity contribution in [1.82, 2.24) is 15.3 Å². The molecular formula is C12H12BrN3O. The Balaban J connectivity index is 2.18. The highest BCUT2D eigenvalue weighted by Crippen LogP contribution is 2.21. The number of H-pyrrole nitrogens is 1. The highest BCUT2D eigenvalue weighted by molar-refractivity contribution is 9.10. The van der Waals surface area contributed by atoms with Crippen LogP contribution < -0.4 is 10.9 Å². The molecule has 0 saturated carbocycles. The monoisotopic (exact) mass is 293 g/mol. The maximum absolute atomic E-state index is 11.9. The van der Waals surface area contributed by atoms with E-state index >= 15 is 0 Å². The molecule has 1 aliphatic heterocycles. The maximum Gasteiger partial charge on any atom is 0.258 e. The Labute approximate surface area is 107 Å². The molecule has 1 atom stereocenters. The molecule has 88 valence electrons. The van der Waals surface area contributed by atoms with Crippen molar-refractivity contribution in [3.05, 3.63) is 38.9 Å². The summed E-state index contributed by atoms with van der Waals surface area (Å²) >= 11 is 3.40. The molecule has 3 rings (SSSR count). The molecule has 17 heavy (non-hydrogen) atoms. The van der Waals surface area contributed by atoms with Gasteiger partial charge in [-0.1, -0.05) is 15.9 Å². The molecule has 1 saturated heterocycles. The molecule has 0 aliphatic carbocycles. The lowest BCUT2D eigenvalue weighted by atomic mass is 10.1. The lowest BCUT2D eigenvalue weighted by molar-refractivity contribution is 0.703. The van der Waals surface area contributed by atoms with Crippen LogP contribution >= 0.6 is 15.9 Å². The zero-order valence-electron chi connectivity index (χ0n) is 9.16. The van der Waals surface area contributed by atoms with Crippen LogP contribution in [0.3, 0.4) is 0 Å². The van der Waals surface area contributed by atoms with E-state index in [0.717, 1.165) is 35.3 Å². The molecule has 2 aromatic rings. The molecular weight excluding hydrogens is 282 g/mol. The van der Waals surface area contributed by atoms with E-state index in [-0.39, 0.29) is 5.56 Å². The van der Waals surface area contributed by atoms with E-state index in [4.69, 9.17) is 0 Å². The van der Waals surface area contributed by atoms with Crippen LogP contribution in [-0.2, 0) is 0 Å². The van der Waals surface area contributed by atoms with Gasteiger partial charge in [0.15, 0.2) is 0 Å². The molecule has 5 heteroatoms. The first-order valence-corrected chi connectivity index (χ1v) is 6.43. The van der Waals surface area contributed by atoms with Crippen LogP contribution in [0.4, 0.5) is 0 Å². The van der Waals surface area contributed by atoms with Crippen molar-refractivity contribution in [2.75, 3.05) is 13.1 Å². The fourth-order valence-electron chi connectivity index (χ4n) is 2.21. The van der Waals surface area contributed by atoms with E-state index < -0.39 is 0 Å². The topological polar surface area (TPSA) is 57.8 Å². The van der Waals surface area contributed by atoms with Gasteiger partial charge in [-0.25, -0.2) is 4.98 Å². The Kier molecular flexibility index (Phi) is 2.72. The van der Waals surface area contributed by atoms with Gasteiger partial charge in [-0.3, -0.25) is 4.79 Å². The van der Waals surface area contributed by atoms with Gasteiger partial charge in [0.25, 0.3) is 5.56 Å². The van der Waals surface area contributed by atoms with Crippen molar-refractivity contribution in [2.24, 2.45) is 0 Å². The Morgan fingerprint density at radius 3 is 3.06 bits per heavy atom. The minimum absolute atomic E-state index is 0.0515. The van der Waals surface area contributed by atoms with Gasteiger partial charge >= 0.3 is 0 Å². The van der Waals surface area contributed by atoms with Gasteiger partial charge in [-0.05, 0) is 31.2 Å². The van der Waals surface area contributed by atoms with Crippen molar-refractivity contribution in [1.29, 1.82) is 0 Å². The fraction of sp³-hybridized carbons (Fsp3) is 0.333. The van der Waals surface area contributed by atoms with Gasteiger partial charge in [0.1, 0.15) is 5.82 Å². The predicted octanol–water partition coefficient (Wildman–Crippen LogP) is 1.76. The quantitative estimate of drug-likeness (QED) is 0.842. The number of nitrogens with one attached hydrogen (secondary N) is 2. The first-order valence-electron chi connectivity index (χ1n) is 5.64.